The molecule has 0 aliphatic carbocycles. The van der Waals surface area contributed by atoms with Gasteiger partial charge in [0.1, 0.15) is 22.9 Å². The summed E-state index contributed by atoms with van der Waals surface area (Å²) < 4.78 is 12.0. The monoisotopic (exact) mass is 599 g/mol. The number of carbonyl (C=O) groups is 1. The number of imidazole rings is 1. The first-order valence-electron chi connectivity index (χ1n) is 15.4. The third-order valence-electron chi connectivity index (χ3n) is 8.77. The molecule has 1 amide bonds. The van der Waals surface area contributed by atoms with Crippen molar-refractivity contribution in [2.75, 3.05) is 52.2 Å². The largest absolute Gasteiger partial charge is 0.496 e. The van der Waals surface area contributed by atoms with E-state index in [0.29, 0.717) is 17.1 Å². The number of likely N-dealkylation sites (N-methyl/N-ethyl adjacent to an activating group) is 1. The predicted molar refractivity (Wildman–Crippen MR) is 180 cm³/mol. The van der Waals surface area contributed by atoms with Crippen LogP contribution >= 0.6 is 0 Å². The molecule has 0 unspecified atom stereocenters. The molecule has 0 radical (unpaired) electrons. The maximum atomic E-state index is 13.2. The molecule has 1 saturated heterocycles. The Morgan fingerprint density at radius 2 is 1.76 bits per heavy atom. The van der Waals surface area contributed by atoms with Crippen molar-refractivity contribution in [2.45, 2.75) is 13.3 Å². The van der Waals surface area contributed by atoms with Gasteiger partial charge in [0.25, 0.3) is 5.91 Å². The molecule has 1 aliphatic heterocycles. The van der Waals surface area contributed by atoms with E-state index >= 15 is 0 Å². The van der Waals surface area contributed by atoms with E-state index < -0.39 is 0 Å². The van der Waals surface area contributed by atoms with E-state index in [4.69, 9.17) is 14.1 Å². The van der Waals surface area contributed by atoms with Gasteiger partial charge in [-0.05, 0) is 74.0 Å². The van der Waals surface area contributed by atoms with Gasteiger partial charge in [-0.25, -0.2) is 4.98 Å². The van der Waals surface area contributed by atoms with E-state index in [-0.39, 0.29) is 5.91 Å². The number of nitrogens with zero attached hydrogens (tertiary/aromatic N) is 3. The third kappa shape index (κ3) is 5.94. The fourth-order valence-corrected chi connectivity index (χ4v) is 6.16. The number of piperazine rings is 1. The topological polar surface area (TPSA) is 86.6 Å². The van der Waals surface area contributed by atoms with Crippen molar-refractivity contribution in [1.29, 1.82) is 0 Å². The zero-order valence-corrected chi connectivity index (χ0v) is 25.9. The minimum absolute atomic E-state index is 0.170. The average Bonchev–Trinajstić information content (AvgIpc) is 3.64. The number of methoxy groups -OCH3 is 1. The molecule has 6 aromatic rings. The average molecular weight is 600 g/mol. The third-order valence-corrected chi connectivity index (χ3v) is 8.77. The maximum absolute atomic E-state index is 13.2. The molecule has 3 heterocycles. The molecule has 0 bridgehead atoms. The highest BCUT2D eigenvalue weighted by Crippen LogP contribution is 2.40. The van der Waals surface area contributed by atoms with Crippen LogP contribution < -0.4 is 10.1 Å². The first-order chi connectivity index (χ1) is 21.9. The Kier molecular flexibility index (Phi) is 7.83. The Hall–Kier alpha value is -4.92. The molecule has 228 valence electrons. The van der Waals surface area contributed by atoms with Crippen LogP contribution in [-0.2, 0) is 6.42 Å². The van der Waals surface area contributed by atoms with Crippen molar-refractivity contribution < 1.29 is 13.9 Å². The van der Waals surface area contributed by atoms with Crippen LogP contribution in [0.15, 0.2) is 89.3 Å². The summed E-state index contributed by atoms with van der Waals surface area (Å²) in [7, 11) is 3.84. The van der Waals surface area contributed by atoms with Gasteiger partial charge in [-0.15, -0.1) is 0 Å². The Morgan fingerprint density at radius 1 is 0.978 bits per heavy atom. The lowest BCUT2D eigenvalue weighted by Crippen LogP contribution is -2.45. The highest BCUT2D eigenvalue weighted by molar-refractivity contribution is 6.06. The van der Waals surface area contributed by atoms with E-state index in [1.165, 1.54) is 5.56 Å². The number of benzene rings is 4. The smallest absolute Gasteiger partial charge is 0.255 e. The molecule has 8 nitrogen and oxygen atoms in total. The van der Waals surface area contributed by atoms with E-state index in [1.54, 1.807) is 13.2 Å². The molecule has 4 aromatic carbocycles. The van der Waals surface area contributed by atoms with Crippen LogP contribution in [-0.4, -0.2) is 72.6 Å². The lowest BCUT2D eigenvalue weighted by Gasteiger charge is -2.32. The van der Waals surface area contributed by atoms with Crippen LogP contribution in [0.2, 0.25) is 0 Å². The van der Waals surface area contributed by atoms with E-state index in [1.807, 2.05) is 61.5 Å². The first-order valence-corrected chi connectivity index (χ1v) is 15.4. The van der Waals surface area contributed by atoms with Gasteiger partial charge < -0.3 is 29.3 Å². The number of aromatic amines is 1. The van der Waals surface area contributed by atoms with Crippen molar-refractivity contribution in [1.82, 2.24) is 19.8 Å². The van der Waals surface area contributed by atoms with E-state index in [0.717, 1.165) is 89.3 Å². The minimum Gasteiger partial charge on any atom is -0.496 e. The summed E-state index contributed by atoms with van der Waals surface area (Å²) in [5, 5.41) is 4.02. The Balaban J connectivity index is 1.08. The second-order valence-corrected chi connectivity index (χ2v) is 11.8. The Bertz CT molecular complexity index is 1970. The fourth-order valence-electron chi connectivity index (χ4n) is 6.16. The first kappa shape index (κ1) is 28.8. The number of hydrogen-bond donors (Lipinski definition) is 2. The molecule has 45 heavy (non-hydrogen) atoms. The summed E-state index contributed by atoms with van der Waals surface area (Å²) >= 11 is 0. The molecular weight excluding hydrogens is 562 g/mol. The second kappa shape index (κ2) is 12.2. The quantitative estimate of drug-likeness (QED) is 0.196. The van der Waals surface area contributed by atoms with Crippen LogP contribution in [0, 0.1) is 6.92 Å². The van der Waals surface area contributed by atoms with E-state index in [2.05, 4.69) is 51.4 Å². The van der Waals surface area contributed by atoms with Crippen LogP contribution in [0.25, 0.3) is 44.5 Å². The number of rotatable bonds is 8. The summed E-state index contributed by atoms with van der Waals surface area (Å²) in [6, 6.07) is 27.8. The SMILES string of the molecule is COc1cc2c(-c3ccccc3)c(C)oc2cc1-c1nc2ccc(C(=O)Nc3ccc(CCN4CCN(C)CC4)cc3)cc2[nH]1. The summed E-state index contributed by atoms with van der Waals surface area (Å²) in [5.74, 6) is 2.00. The van der Waals surface area contributed by atoms with Crippen LogP contribution in [0.3, 0.4) is 0 Å². The van der Waals surface area contributed by atoms with Crippen molar-refractivity contribution in [2.24, 2.45) is 0 Å². The predicted octanol–water partition coefficient (Wildman–Crippen LogP) is 7.00. The van der Waals surface area contributed by atoms with Gasteiger partial charge in [-0.3, -0.25) is 4.79 Å². The number of fused-ring (bicyclic) bond motifs is 2. The van der Waals surface area contributed by atoms with Gasteiger partial charge in [0.05, 0.1) is 23.7 Å². The van der Waals surface area contributed by atoms with E-state index in [9.17, 15) is 4.79 Å². The summed E-state index contributed by atoms with van der Waals surface area (Å²) in [5.41, 5.74) is 7.80. The molecular formula is C37H37N5O3. The van der Waals surface area contributed by atoms with Gasteiger partial charge in [-0.1, -0.05) is 42.5 Å². The summed E-state index contributed by atoms with van der Waals surface area (Å²) in [6.07, 6.45) is 1.00. The van der Waals surface area contributed by atoms with Crippen molar-refractivity contribution in [3.63, 3.8) is 0 Å². The number of anilines is 1. The number of aryl methyl sites for hydroxylation is 1. The molecule has 8 heteroatoms. The van der Waals surface area contributed by atoms with Gasteiger partial charge in [0, 0.05) is 54.9 Å². The normalized spacial score (nSPS) is 14.3. The zero-order chi connectivity index (χ0) is 30.9. The summed E-state index contributed by atoms with van der Waals surface area (Å²) in [4.78, 5) is 26.3. The number of furan rings is 1. The minimum atomic E-state index is -0.170. The number of H-pyrrole nitrogens is 1. The number of ether oxygens (including phenoxy) is 1. The van der Waals surface area contributed by atoms with Crippen molar-refractivity contribution >= 4 is 33.6 Å². The van der Waals surface area contributed by atoms with Crippen molar-refractivity contribution in [3.8, 4) is 28.3 Å². The molecule has 1 fully saturated rings. The second-order valence-electron chi connectivity index (χ2n) is 11.8. The molecule has 0 spiro atoms. The molecule has 2 aromatic heterocycles. The van der Waals surface area contributed by atoms with Crippen LogP contribution in [0.4, 0.5) is 5.69 Å². The van der Waals surface area contributed by atoms with Gasteiger partial charge in [-0.2, -0.15) is 0 Å². The van der Waals surface area contributed by atoms with Crippen molar-refractivity contribution in [3.05, 3.63) is 102 Å². The number of aromatic nitrogens is 2. The Morgan fingerprint density at radius 3 is 2.51 bits per heavy atom. The maximum Gasteiger partial charge on any atom is 0.255 e. The fraction of sp³-hybridized carbons (Fsp3) is 0.243. The number of carbonyl (C=O) groups excluding carboxylic acids is 1. The standard InChI is InChI=1S/C37H37N5O3/c1-24-35(26-7-5-4-6-8-26)29-22-33(44-3)30(23-34(29)45-24)36-39-31-14-11-27(21-32(31)40-36)37(43)38-28-12-9-25(10-13-28)15-16-42-19-17-41(2)18-20-42/h4-14,21-23H,15-20H2,1-3H3,(H,38,43)(H,39,40). The molecule has 1 aliphatic rings. The van der Waals surface area contributed by atoms with Gasteiger partial charge >= 0.3 is 0 Å². The molecule has 7 rings (SSSR count). The Labute approximate surface area is 262 Å². The highest BCUT2D eigenvalue weighted by atomic mass is 16.5. The molecule has 2 N–H and O–H groups in total. The highest BCUT2D eigenvalue weighted by Gasteiger charge is 2.20. The van der Waals surface area contributed by atoms with Crippen LogP contribution in [0.1, 0.15) is 21.7 Å². The number of hydrogen-bond acceptors (Lipinski definition) is 6. The lowest BCUT2D eigenvalue weighted by molar-refractivity contribution is 0.102. The lowest BCUT2D eigenvalue weighted by atomic mass is 10.0. The molecule has 0 saturated carbocycles. The van der Waals surface area contributed by atoms with Gasteiger partial charge in [0.15, 0.2) is 0 Å². The van der Waals surface area contributed by atoms with Crippen LogP contribution in [0.5, 0.6) is 5.75 Å². The summed E-state index contributed by atoms with van der Waals surface area (Å²) in [6.45, 7) is 7.53. The zero-order valence-electron chi connectivity index (χ0n) is 25.9. The number of amides is 1. The van der Waals surface area contributed by atoms with Gasteiger partial charge in [0.2, 0.25) is 0 Å². The molecule has 0 atom stereocenters. The number of nitrogens with one attached hydrogen (secondary N) is 2.